The predicted octanol–water partition coefficient (Wildman–Crippen LogP) is 4.34. The van der Waals surface area contributed by atoms with Gasteiger partial charge in [-0.25, -0.2) is 4.39 Å². The van der Waals surface area contributed by atoms with Gasteiger partial charge in [0, 0.05) is 22.5 Å². The Hall–Kier alpha value is -3.14. The highest BCUT2D eigenvalue weighted by Gasteiger charge is 2.06. The SMILES string of the molecule is NC(=O)c1ccc(-c2ccccc2Nc2ccc(F)cc2)cc1. The average molecular weight is 306 g/mol. The van der Waals surface area contributed by atoms with Gasteiger partial charge in [0.1, 0.15) is 5.82 Å². The van der Waals surface area contributed by atoms with Crippen LogP contribution >= 0.6 is 0 Å². The molecule has 0 saturated heterocycles. The van der Waals surface area contributed by atoms with Crippen molar-refractivity contribution in [2.24, 2.45) is 5.73 Å². The lowest BCUT2D eigenvalue weighted by molar-refractivity contribution is 0.100. The summed E-state index contributed by atoms with van der Waals surface area (Å²) in [6.45, 7) is 0. The molecule has 0 aliphatic heterocycles. The first-order chi connectivity index (χ1) is 11.1. The first kappa shape index (κ1) is 14.8. The van der Waals surface area contributed by atoms with Gasteiger partial charge in [-0.2, -0.15) is 0 Å². The summed E-state index contributed by atoms with van der Waals surface area (Å²) in [5.41, 5.74) is 9.37. The van der Waals surface area contributed by atoms with Crippen LogP contribution in [0.5, 0.6) is 0 Å². The average Bonchev–Trinajstić information content (AvgIpc) is 2.57. The molecule has 0 aromatic heterocycles. The van der Waals surface area contributed by atoms with Crippen LogP contribution in [-0.4, -0.2) is 5.91 Å². The van der Waals surface area contributed by atoms with Crippen molar-refractivity contribution in [1.82, 2.24) is 0 Å². The van der Waals surface area contributed by atoms with Crippen LogP contribution in [0.3, 0.4) is 0 Å². The van der Waals surface area contributed by atoms with Gasteiger partial charge in [-0.15, -0.1) is 0 Å². The highest BCUT2D eigenvalue weighted by Crippen LogP contribution is 2.30. The second kappa shape index (κ2) is 6.32. The van der Waals surface area contributed by atoms with Gasteiger partial charge >= 0.3 is 0 Å². The van der Waals surface area contributed by atoms with Crippen LogP contribution in [0.4, 0.5) is 15.8 Å². The third-order valence-corrected chi connectivity index (χ3v) is 3.53. The van der Waals surface area contributed by atoms with Crippen LogP contribution in [0.25, 0.3) is 11.1 Å². The van der Waals surface area contributed by atoms with Crippen molar-refractivity contribution in [1.29, 1.82) is 0 Å². The number of nitrogens with two attached hydrogens (primary N) is 1. The van der Waals surface area contributed by atoms with E-state index in [1.807, 2.05) is 36.4 Å². The number of nitrogens with one attached hydrogen (secondary N) is 1. The molecule has 0 unspecified atom stereocenters. The van der Waals surface area contributed by atoms with Gasteiger partial charge < -0.3 is 11.1 Å². The van der Waals surface area contributed by atoms with Crippen LogP contribution in [-0.2, 0) is 0 Å². The smallest absolute Gasteiger partial charge is 0.248 e. The summed E-state index contributed by atoms with van der Waals surface area (Å²) in [5.74, 6) is -0.722. The second-order valence-electron chi connectivity index (χ2n) is 5.12. The zero-order valence-corrected chi connectivity index (χ0v) is 12.3. The van der Waals surface area contributed by atoms with Gasteiger partial charge in [0.15, 0.2) is 0 Å². The second-order valence-corrected chi connectivity index (χ2v) is 5.12. The normalized spacial score (nSPS) is 10.3. The van der Waals surface area contributed by atoms with Crippen molar-refractivity contribution in [3.05, 3.63) is 84.2 Å². The molecule has 4 heteroatoms. The molecular formula is C19H15FN2O. The molecule has 3 N–H and O–H groups in total. The number of primary amides is 1. The summed E-state index contributed by atoms with van der Waals surface area (Å²) in [7, 11) is 0. The van der Waals surface area contributed by atoms with Crippen LogP contribution in [0.1, 0.15) is 10.4 Å². The topological polar surface area (TPSA) is 55.1 Å². The maximum absolute atomic E-state index is 13.0. The van der Waals surface area contributed by atoms with Gasteiger partial charge in [-0.3, -0.25) is 4.79 Å². The molecule has 0 atom stereocenters. The van der Waals surface area contributed by atoms with Gasteiger partial charge in [0.2, 0.25) is 5.91 Å². The first-order valence-electron chi connectivity index (χ1n) is 7.15. The summed E-state index contributed by atoms with van der Waals surface area (Å²) in [6, 6.07) is 21.1. The zero-order chi connectivity index (χ0) is 16.2. The molecule has 23 heavy (non-hydrogen) atoms. The van der Waals surface area contributed by atoms with E-state index in [-0.39, 0.29) is 5.82 Å². The monoisotopic (exact) mass is 306 g/mol. The van der Waals surface area contributed by atoms with E-state index in [9.17, 15) is 9.18 Å². The first-order valence-corrected chi connectivity index (χ1v) is 7.15. The Balaban J connectivity index is 1.94. The Bertz CT molecular complexity index is 827. The van der Waals surface area contributed by atoms with Gasteiger partial charge in [-0.05, 0) is 48.0 Å². The van der Waals surface area contributed by atoms with Crippen LogP contribution < -0.4 is 11.1 Å². The summed E-state index contributed by atoms with van der Waals surface area (Å²) in [4.78, 5) is 11.2. The molecule has 1 amide bonds. The largest absolute Gasteiger partial charge is 0.366 e. The number of carbonyl (C=O) groups is 1. The minimum absolute atomic E-state index is 0.272. The van der Waals surface area contributed by atoms with E-state index in [0.717, 1.165) is 22.5 Å². The molecule has 0 aliphatic rings. The van der Waals surface area contributed by atoms with Crippen molar-refractivity contribution in [3.8, 4) is 11.1 Å². The molecule has 0 spiro atoms. The Kier molecular flexibility index (Phi) is 4.06. The summed E-state index contributed by atoms with van der Waals surface area (Å²) in [5, 5.41) is 3.28. The maximum Gasteiger partial charge on any atom is 0.248 e. The molecule has 0 heterocycles. The minimum atomic E-state index is -0.450. The van der Waals surface area contributed by atoms with Crippen LogP contribution in [0, 0.1) is 5.82 Å². The molecule has 0 saturated carbocycles. The number of carbonyl (C=O) groups excluding carboxylic acids is 1. The summed E-state index contributed by atoms with van der Waals surface area (Å²) < 4.78 is 13.0. The van der Waals surface area contributed by atoms with Crippen LogP contribution in [0.2, 0.25) is 0 Å². The quantitative estimate of drug-likeness (QED) is 0.753. The van der Waals surface area contributed by atoms with Crippen molar-refractivity contribution in [3.63, 3.8) is 0 Å². The molecule has 3 nitrogen and oxygen atoms in total. The Morgan fingerprint density at radius 1 is 0.870 bits per heavy atom. The molecule has 114 valence electrons. The molecule has 3 aromatic rings. The lowest BCUT2D eigenvalue weighted by Gasteiger charge is -2.12. The molecule has 3 aromatic carbocycles. The number of hydrogen-bond donors (Lipinski definition) is 2. The van der Waals surface area contributed by atoms with E-state index >= 15 is 0 Å². The van der Waals surface area contributed by atoms with E-state index in [1.54, 1.807) is 24.3 Å². The number of amides is 1. The molecular weight excluding hydrogens is 291 g/mol. The Morgan fingerprint density at radius 2 is 1.52 bits per heavy atom. The van der Waals surface area contributed by atoms with Gasteiger partial charge in [0.25, 0.3) is 0 Å². The molecule has 0 radical (unpaired) electrons. The number of rotatable bonds is 4. The minimum Gasteiger partial charge on any atom is -0.366 e. The summed E-state index contributed by atoms with van der Waals surface area (Å²) >= 11 is 0. The van der Waals surface area contributed by atoms with E-state index in [1.165, 1.54) is 12.1 Å². The zero-order valence-electron chi connectivity index (χ0n) is 12.3. The standard InChI is InChI=1S/C19H15FN2O/c20-15-9-11-16(12-10-15)22-18-4-2-1-3-17(18)13-5-7-14(8-6-13)19(21)23/h1-12,22H,(H2,21,23). The predicted molar refractivity (Wildman–Crippen MR) is 90.1 cm³/mol. The van der Waals surface area contributed by atoms with Gasteiger partial charge in [0.05, 0.1) is 0 Å². The van der Waals surface area contributed by atoms with Crippen molar-refractivity contribution < 1.29 is 9.18 Å². The van der Waals surface area contributed by atoms with E-state index < -0.39 is 5.91 Å². The van der Waals surface area contributed by atoms with E-state index in [4.69, 9.17) is 5.73 Å². The maximum atomic E-state index is 13.0. The number of hydrogen-bond acceptors (Lipinski definition) is 2. The van der Waals surface area contributed by atoms with Crippen molar-refractivity contribution >= 4 is 17.3 Å². The lowest BCUT2D eigenvalue weighted by atomic mass is 10.0. The van der Waals surface area contributed by atoms with E-state index in [0.29, 0.717) is 5.56 Å². The highest BCUT2D eigenvalue weighted by atomic mass is 19.1. The summed E-state index contributed by atoms with van der Waals surface area (Å²) in [6.07, 6.45) is 0. The van der Waals surface area contributed by atoms with Crippen molar-refractivity contribution in [2.45, 2.75) is 0 Å². The molecule has 0 bridgehead atoms. The van der Waals surface area contributed by atoms with Gasteiger partial charge in [-0.1, -0.05) is 30.3 Å². The van der Waals surface area contributed by atoms with E-state index in [2.05, 4.69) is 5.32 Å². The lowest BCUT2D eigenvalue weighted by Crippen LogP contribution is -2.10. The third kappa shape index (κ3) is 3.37. The van der Waals surface area contributed by atoms with Crippen molar-refractivity contribution in [2.75, 3.05) is 5.32 Å². The number of halogens is 1. The number of benzene rings is 3. The third-order valence-electron chi connectivity index (χ3n) is 3.53. The Labute approximate surface area is 133 Å². The fraction of sp³-hybridized carbons (Fsp3) is 0. The fourth-order valence-electron chi connectivity index (χ4n) is 2.35. The fourth-order valence-corrected chi connectivity index (χ4v) is 2.35. The molecule has 3 rings (SSSR count). The number of para-hydroxylation sites is 1. The molecule has 0 fully saturated rings. The van der Waals surface area contributed by atoms with Crippen LogP contribution in [0.15, 0.2) is 72.8 Å². The Morgan fingerprint density at radius 3 is 2.17 bits per heavy atom. The number of anilines is 2. The molecule has 0 aliphatic carbocycles. The highest BCUT2D eigenvalue weighted by molar-refractivity contribution is 5.93.